The summed E-state index contributed by atoms with van der Waals surface area (Å²) in [6.45, 7) is 0. The Morgan fingerprint density at radius 3 is 2.44 bits per heavy atom. The van der Waals surface area contributed by atoms with E-state index in [9.17, 15) is 24.8 Å². The molecule has 1 saturated heterocycles. The standard InChI is InChI=1S/C22H14N2O6S2/c25-20-18(32-22(31)23(20)19(21(26)27)14-4-2-1-3-5-14)12-16-10-11-17(30-16)13-6-8-15(9-7-13)24(28)29/h1-12,19H,(H,26,27)/b18-12+/t19-/m0/s1. The first-order chi connectivity index (χ1) is 15.3. The Hall–Kier alpha value is -3.76. The Bertz CT molecular complexity index is 1250. The lowest BCUT2D eigenvalue weighted by molar-refractivity contribution is -0.384. The summed E-state index contributed by atoms with van der Waals surface area (Å²) in [4.78, 5) is 36.6. The van der Waals surface area contributed by atoms with Crippen molar-refractivity contribution in [1.29, 1.82) is 0 Å². The molecule has 2 aromatic carbocycles. The van der Waals surface area contributed by atoms with Crippen molar-refractivity contribution in [3.05, 3.63) is 93.1 Å². The van der Waals surface area contributed by atoms with Crippen molar-refractivity contribution in [3.8, 4) is 11.3 Å². The molecule has 1 atom stereocenters. The highest BCUT2D eigenvalue weighted by atomic mass is 32.2. The fourth-order valence-electron chi connectivity index (χ4n) is 3.20. The van der Waals surface area contributed by atoms with Crippen molar-refractivity contribution in [1.82, 2.24) is 4.90 Å². The van der Waals surface area contributed by atoms with Gasteiger partial charge in [0.1, 0.15) is 15.8 Å². The van der Waals surface area contributed by atoms with Crippen molar-refractivity contribution in [2.45, 2.75) is 6.04 Å². The Morgan fingerprint density at radius 1 is 1.12 bits per heavy atom. The molecule has 1 N–H and O–H groups in total. The highest BCUT2D eigenvalue weighted by Gasteiger charge is 2.41. The van der Waals surface area contributed by atoms with E-state index in [-0.39, 0.29) is 14.9 Å². The fraction of sp³-hybridized carbons (Fsp3) is 0.0455. The summed E-state index contributed by atoms with van der Waals surface area (Å²) in [5, 5.41) is 20.5. The molecular formula is C22H14N2O6S2. The van der Waals surface area contributed by atoms with Gasteiger partial charge >= 0.3 is 5.97 Å². The molecule has 1 aliphatic heterocycles. The van der Waals surface area contributed by atoms with E-state index in [1.165, 1.54) is 18.2 Å². The summed E-state index contributed by atoms with van der Waals surface area (Å²) < 4.78 is 5.89. The predicted octanol–water partition coefficient (Wildman–Crippen LogP) is 4.88. The Kier molecular flexibility index (Phi) is 5.89. The normalized spacial score (nSPS) is 15.9. The molecule has 1 amide bonds. The van der Waals surface area contributed by atoms with Gasteiger partial charge in [0.15, 0.2) is 6.04 Å². The van der Waals surface area contributed by atoms with Gasteiger partial charge in [0.05, 0.1) is 9.83 Å². The number of nitro benzene ring substituents is 1. The van der Waals surface area contributed by atoms with Gasteiger partial charge in [-0.15, -0.1) is 0 Å². The third-order valence-corrected chi connectivity index (χ3v) is 6.02. The van der Waals surface area contributed by atoms with Crippen LogP contribution in [0.2, 0.25) is 0 Å². The Morgan fingerprint density at radius 2 is 1.81 bits per heavy atom. The smallest absolute Gasteiger partial charge is 0.331 e. The average molecular weight is 466 g/mol. The van der Waals surface area contributed by atoms with Crippen molar-refractivity contribution >= 4 is 51.9 Å². The first kappa shape index (κ1) is 21.5. The van der Waals surface area contributed by atoms with E-state index in [1.807, 2.05) is 0 Å². The maximum Gasteiger partial charge on any atom is 0.331 e. The number of amides is 1. The number of hydrogen-bond donors (Lipinski definition) is 1. The number of nitro groups is 1. The molecule has 1 fully saturated rings. The minimum atomic E-state index is -1.23. The number of rotatable bonds is 6. The molecule has 0 spiro atoms. The van der Waals surface area contributed by atoms with Crippen LogP contribution in [0.1, 0.15) is 17.4 Å². The van der Waals surface area contributed by atoms with Crippen molar-refractivity contribution in [2.75, 3.05) is 0 Å². The van der Waals surface area contributed by atoms with Gasteiger partial charge < -0.3 is 9.52 Å². The van der Waals surface area contributed by atoms with Gasteiger partial charge in [0.2, 0.25) is 0 Å². The second kappa shape index (κ2) is 8.77. The highest BCUT2D eigenvalue weighted by molar-refractivity contribution is 8.26. The zero-order valence-corrected chi connectivity index (χ0v) is 17.8. The highest BCUT2D eigenvalue weighted by Crippen LogP contribution is 2.39. The number of furan rings is 1. The molecular weight excluding hydrogens is 452 g/mol. The third-order valence-electron chi connectivity index (χ3n) is 4.69. The van der Waals surface area contributed by atoms with Crippen LogP contribution in [0.15, 0.2) is 76.1 Å². The minimum absolute atomic E-state index is 0.0318. The monoisotopic (exact) mass is 466 g/mol. The number of aliphatic carboxylic acids is 1. The van der Waals surface area contributed by atoms with Crippen LogP contribution in [0.3, 0.4) is 0 Å². The lowest BCUT2D eigenvalue weighted by Crippen LogP contribution is -2.37. The average Bonchev–Trinajstić information content (AvgIpc) is 3.35. The number of nitrogens with zero attached hydrogens (tertiary/aromatic N) is 2. The van der Waals surface area contributed by atoms with Gasteiger partial charge in [0.25, 0.3) is 11.6 Å². The molecule has 3 aromatic rings. The molecule has 0 bridgehead atoms. The number of carbonyl (C=O) groups is 2. The van der Waals surface area contributed by atoms with Gasteiger partial charge in [0, 0.05) is 23.8 Å². The molecule has 1 aromatic heterocycles. The quantitative estimate of drug-likeness (QED) is 0.237. The zero-order chi connectivity index (χ0) is 22.8. The van der Waals surface area contributed by atoms with E-state index < -0.39 is 22.8 Å². The van der Waals surface area contributed by atoms with E-state index >= 15 is 0 Å². The van der Waals surface area contributed by atoms with E-state index in [1.54, 1.807) is 54.6 Å². The van der Waals surface area contributed by atoms with Crippen LogP contribution in [-0.4, -0.2) is 31.1 Å². The number of hydrogen-bond acceptors (Lipinski definition) is 7. The SMILES string of the molecule is O=C(O)[C@H](c1ccccc1)N1C(=O)/C(=C\c2ccc(-c3ccc([N+](=O)[O-])cc3)o2)SC1=S. The van der Waals surface area contributed by atoms with E-state index in [0.29, 0.717) is 22.6 Å². The van der Waals surface area contributed by atoms with Crippen molar-refractivity contribution in [2.24, 2.45) is 0 Å². The number of benzene rings is 2. The fourth-order valence-corrected chi connectivity index (χ4v) is 4.50. The van der Waals surface area contributed by atoms with Crippen LogP contribution in [-0.2, 0) is 9.59 Å². The van der Waals surface area contributed by atoms with Crippen LogP contribution in [0.5, 0.6) is 0 Å². The second-order valence-corrected chi connectivity index (χ2v) is 8.38. The van der Waals surface area contributed by atoms with Crippen LogP contribution < -0.4 is 0 Å². The lowest BCUT2D eigenvalue weighted by atomic mass is 10.1. The molecule has 4 rings (SSSR count). The van der Waals surface area contributed by atoms with Crippen LogP contribution in [0.4, 0.5) is 5.69 Å². The molecule has 8 nitrogen and oxygen atoms in total. The number of carbonyl (C=O) groups excluding carboxylic acids is 1. The number of non-ortho nitro benzene ring substituents is 1. The second-order valence-electron chi connectivity index (χ2n) is 6.71. The summed E-state index contributed by atoms with van der Waals surface area (Å²) in [6.07, 6.45) is 1.50. The molecule has 0 unspecified atom stereocenters. The molecule has 0 radical (unpaired) electrons. The zero-order valence-electron chi connectivity index (χ0n) is 16.2. The molecule has 32 heavy (non-hydrogen) atoms. The van der Waals surface area contributed by atoms with Crippen LogP contribution in [0, 0.1) is 10.1 Å². The molecule has 0 saturated carbocycles. The molecule has 10 heteroatoms. The number of thioether (sulfide) groups is 1. The van der Waals surface area contributed by atoms with E-state index in [4.69, 9.17) is 16.6 Å². The molecule has 1 aliphatic rings. The number of carboxylic acids is 1. The lowest BCUT2D eigenvalue weighted by Gasteiger charge is -2.23. The molecule has 160 valence electrons. The van der Waals surface area contributed by atoms with E-state index in [2.05, 4.69) is 0 Å². The van der Waals surface area contributed by atoms with Crippen LogP contribution >= 0.6 is 24.0 Å². The van der Waals surface area contributed by atoms with Crippen LogP contribution in [0.25, 0.3) is 17.4 Å². The summed E-state index contributed by atoms with van der Waals surface area (Å²) in [7, 11) is 0. The van der Waals surface area contributed by atoms with Gasteiger partial charge in [-0.2, -0.15) is 0 Å². The third kappa shape index (κ3) is 4.18. The van der Waals surface area contributed by atoms with Gasteiger partial charge in [-0.1, -0.05) is 54.3 Å². The predicted molar refractivity (Wildman–Crippen MR) is 123 cm³/mol. The van der Waals surface area contributed by atoms with E-state index in [0.717, 1.165) is 16.7 Å². The molecule has 0 aliphatic carbocycles. The van der Waals surface area contributed by atoms with Crippen molar-refractivity contribution < 1.29 is 24.0 Å². The largest absolute Gasteiger partial charge is 0.479 e. The van der Waals surface area contributed by atoms with Gasteiger partial charge in [-0.3, -0.25) is 19.8 Å². The van der Waals surface area contributed by atoms with Crippen molar-refractivity contribution in [3.63, 3.8) is 0 Å². The topological polar surface area (TPSA) is 114 Å². The summed E-state index contributed by atoms with van der Waals surface area (Å²) in [5.41, 5.74) is 1.05. The summed E-state index contributed by atoms with van der Waals surface area (Å²) >= 11 is 6.30. The maximum atomic E-state index is 13.0. The Labute approximate surface area is 191 Å². The molecule has 2 heterocycles. The summed E-state index contributed by atoms with van der Waals surface area (Å²) in [5.74, 6) is -0.878. The first-order valence-corrected chi connectivity index (χ1v) is 10.5. The number of carboxylic acid groups (broad SMARTS) is 1. The number of thiocarbonyl (C=S) groups is 1. The Balaban J connectivity index is 1.59. The summed E-state index contributed by atoms with van der Waals surface area (Å²) in [6, 6.07) is 16.4. The first-order valence-electron chi connectivity index (χ1n) is 9.24. The minimum Gasteiger partial charge on any atom is -0.479 e. The van der Waals surface area contributed by atoms with Gasteiger partial charge in [-0.25, -0.2) is 4.79 Å². The maximum absolute atomic E-state index is 13.0. The van der Waals surface area contributed by atoms with Gasteiger partial charge in [-0.05, 0) is 29.8 Å².